The molecular formula is C13H14BrFN2O2. The van der Waals surface area contributed by atoms with E-state index >= 15 is 0 Å². The van der Waals surface area contributed by atoms with E-state index in [9.17, 15) is 4.39 Å². The minimum absolute atomic E-state index is 0.343. The van der Waals surface area contributed by atoms with E-state index in [1.54, 1.807) is 19.2 Å². The summed E-state index contributed by atoms with van der Waals surface area (Å²) in [6.45, 7) is 1.80. The van der Waals surface area contributed by atoms with Gasteiger partial charge in [0, 0.05) is 24.7 Å². The van der Waals surface area contributed by atoms with Crippen LogP contribution in [0.25, 0.3) is 11.3 Å². The first kappa shape index (κ1) is 14.2. The number of hydrogen-bond donors (Lipinski definition) is 1. The fourth-order valence-electron chi connectivity index (χ4n) is 1.69. The lowest BCUT2D eigenvalue weighted by Gasteiger charge is -2.06. The van der Waals surface area contributed by atoms with Crippen molar-refractivity contribution in [2.45, 2.75) is 6.54 Å². The number of oxazole rings is 1. The van der Waals surface area contributed by atoms with E-state index in [2.05, 4.69) is 26.2 Å². The third-order valence-electron chi connectivity index (χ3n) is 2.61. The van der Waals surface area contributed by atoms with Crippen molar-refractivity contribution in [2.75, 3.05) is 20.3 Å². The Morgan fingerprint density at radius 1 is 1.47 bits per heavy atom. The zero-order chi connectivity index (χ0) is 13.7. The van der Waals surface area contributed by atoms with Crippen molar-refractivity contribution < 1.29 is 13.5 Å². The molecule has 1 aromatic heterocycles. The topological polar surface area (TPSA) is 47.3 Å². The second-order valence-corrected chi connectivity index (χ2v) is 4.75. The molecule has 0 fully saturated rings. The minimum atomic E-state index is -0.343. The van der Waals surface area contributed by atoms with Gasteiger partial charge < -0.3 is 14.5 Å². The van der Waals surface area contributed by atoms with E-state index in [0.29, 0.717) is 41.2 Å². The zero-order valence-electron chi connectivity index (χ0n) is 10.5. The Balaban J connectivity index is 2.19. The van der Waals surface area contributed by atoms with Crippen molar-refractivity contribution in [3.8, 4) is 11.3 Å². The third kappa shape index (κ3) is 3.40. The van der Waals surface area contributed by atoms with E-state index < -0.39 is 0 Å². The molecule has 0 saturated carbocycles. The van der Waals surface area contributed by atoms with E-state index in [1.807, 2.05) is 0 Å². The molecule has 1 N–H and O–H groups in total. The van der Waals surface area contributed by atoms with Gasteiger partial charge in [0.2, 0.25) is 0 Å². The van der Waals surface area contributed by atoms with Crippen LogP contribution < -0.4 is 5.32 Å². The molecule has 0 saturated heterocycles. The molecule has 1 heterocycles. The van der Waals surface area contributed by atoms with Crippen LogP contribution >= 0.6 is 15.9 Å². The Morgan fingerprint density at radius 2 is 2.32 bits per heavy atom. The molecule has 0 spiro atoms. The summed E-state index contributed by atoms with van der Waals surface area (Å²) in [7, 11) is 1.64. The number of benzene rings is 1. The van der Waals surface area contributed by atoms with E-state index in [0.717, 1.165) is 0 Å². The Morgan fingerprint density at radius 3 is 3.05 bits per heavy atom. The highest BCUT2D eigenvalue weighted by molar-refractivity contribution is 9.10. The predicted molar refractivity (Wildman–Crippen MR) is 73.2 cm³/mol. The van der Waals surface area contributed by atoms with Gasteiger partial charge >= 0.3 is 0 Å². The van der Waals surface area contributed by atoms with Gasteiger partial charge in [-0.1, -0.05) is 6.07 Å². The molecular weight excluding hydrogens is 315 g/mol. The number of methoxy groups -OCH3 is 1. The number of rotatable bonds is 6. The smallest absolute Gasteiger partial charge is 0.181 e. The largest absolute Gasteiger partial charge is 0.443 e. The molecule has 0 bridgehead atoms. The van der Waals surface area contributed by atoms with Crippen LogP contribution in [-0.2, 0) is 11.3 Å². The lowest BCUT2D eigenvalue weighted by Crippen LogP contribution is -2.19. The Bertz CT molecular complexity index is 525. The molecule has 0 atom stereocenters. The molecule has 102 valence electrons. The first-order chi connectivity index (χ1) is 9.24. The van der Waals surface area contributed by atoms with Gasteiger partial charge in [0.25, 0.3) is 0 Å². The Hall–Kier alpha value is -1.24. The number of ether oxygens (including phenoxy) is 1. The maximum Gasteiger partial charge on any atom is 0.181 e. The summed E-state index contributed by atoms with van der Waals surface area (Å²) in [6.07, 6.45) is 1.32. The van der Waals surface area contributed by atoms with Crippen LogP contribution in [0.3, 0.4) is 0 Å². The molecule has 0 aliphatic rings. The Labute approximate surface area is 119 Å². The molecule has 2 aromatic rings. The van der Waals surface area contributed by atoms with Crippen LogP contribution in [0.1, 0.15) is 5.69 Å². The number of hydrogen-bond acceptors (Lipinski definition) is 4. The van der Waals surface area contributed by atoms with Gasteiger partial charge in [-0.25, -0.2) is 9.37 Å². The predicted octanol–water partition coefficient (Wildman–Crippen LogP) is 2.98. The SMILES string of the molecule is COCCNCc1ncoc1-c1c(F)cccc1Br. The maximum absolute atomic E-state index is 13.9. The normalized spacial score (nSPS) is 10.9. The van der Waals surface area contributed by atoms with Crippen molar-refractivity contribution in [3.63, 3.8) is 0 Å². The summed E-state index contributed by atoms with van der Waals surface area (Å²) in [6, 6.07) is 4.80. The van der Waals surface area contributed by atoms with E-state index in [1.165, 1.54) is 12.5 Å². The van der Waals surface area contributed by atoms with Gasteiger partial charge in [-0.3, -0.25) is 0 Å². The average molecular weight is 329 g/mol. The van der Waals surface area contributed by atoms with Crippen LogP contribution in [0.2, 0.25) is 0 Å². The first-order valence-electron chi connectivity index (χ1n) is 5.80. The van der Waals surface area contributed by atoms with Crippen LogP contribution in [0, 0.1) is 5.82 Å². The monoisotopic (exact) mass is 328 g/mol. The van der Waals surface area contributed by atoms with Gasteiger partial charge in [0.15, 0.2) is 12.2 Å². The molecule has 19 heavy (non-hydrogen) atoms. The van der Waals surface area contributed by atoms with Crippen LogP contribution in [0.4, 0.5) is 4.39 Å². The van der Waals surface area contributed by atoms with Crippen LogP contribution in [0.15, 0.2) is 33.5 Å². The fraction of sp³-hybridized carbons (Fsp3) is 0.308. The van der Waals surface area contributed by atoms with Crippen molar-refractivity contribution in [1.29, 1.82) is 0 Å². The maximum atomic E-state index is 13.9. The highest BCUT2D eigenvalue weighted by Crippen LogP contribution is 2.32. The highest BCUT2D eigenvalue weighted by atomic mass is 79.9. The summed E-state index contributed by atoms with van der Waals surface area (Å²) in [5.74, 6) is 0.0964. The van der Waals surface area contributed by atoms with Crippen LogP contribution in [-0.4, -0.2) is 25.2 Å². The second kappa shape index (κ2) is 6.79. The quantitative estimate of drug-likeness (QED) is 0.828. The van der Waals surface area contributed by atoms with Gasteiger partial charge in [0.1, 0.15) is 11.5 Å². The molecule has 4 nitrogen and oxygen atoms in total. The molecule has 0 aliphatic heterocycles. The van der Waals surface area contributed by atoms with Crippen molar-refractivity contribution in [2.24, 2.45) is 0 Å². The van der Waals surface area contributed by atoms with E-state index in [4.69, 9.17) is 9.15 Å². The summed E-state index contributed by atoms with van der Waals surface area (Å²) >= 11 is 3.33. The lowest BCUT2D eigenvalue weighted by molar-refractivity contribution is 0.199. The molecule has 2 rings (SSSR count). The number of nitrogens with one attached hydrogen (secondary N) is 1. The molecule has 0 amide bonds. The molecule has 1 aromatic carbocycles. The fourth-order valence-corrected chi connectivity index (χ4v) is 2.22. The Kier molecular flexibility index (Phi) is 5.07. The number of aromatic nitrogens is 1. The highest BCUT2D eigenvalue weighted by Gasteiger charge is 2.17. The first-order valence-corrected chi connectivity index (χ1v) is 6.59. The molecule has 0 unspecified atom stereocenters. The summed E-state index contributed by atoms with van der Waals surface area (Å²) < 4.78 is 24.8. The van der Waals surface area contributed by atoms with Gasteiger partial charge in [-0.15, -0.1) is 0 Å². The summed E-state index contributed by atoms with van der Waals surface area (Å²) in [5.41, 5.74) is 1.06. The average Bonchev–Trinajstić information content (AvgIpc) is 2.83. The van der Waals surface area contributed by atoms with Crippen molar-refractivity contribution in [1.82, 2.24) is 10.3 Å². The molecule has 6 heteroatoms. The summed E-state index contributed by atoms with van der Waals surface area (Å²) in [4.78, 5) is 4.11. The van der Waals surface area contributed by atoms with Crippen molar-refractivity contribution >= 4 is 15.9 Å². The lowest BCUT2D eigenvalue weighted by atomic mass is 10.1. The van der Waals surface area contributed by atoms with Gasteiger partial charge in [0.05, 0.1) is 12.2 Å². The minimum Gasteiger partial charge on any atom is -0.443 e. The molecule has 0 aliphatic carbocycles. The number of nitrogens with zero attached hydrogens (tertiary/aromatic N) is 1. The standard InChI is InChI=1S/C13H14BrFN2O2/c1-18-6-5-16-7-11-13(19-8-17-11)12-9(14)3-2-4-10(12)15/h2-4,8,16H,5-7H2,1H3. The van der Waals surface area contributed by atoms with Crippen LogP contribution in [0.5, 0.6) is 0 Å². The number of halogens is 2. The third-order valence-corrected chi connectivity index (χ3v) is 3.27. The molecule has 0 radical (unpaired) electrons. The van der Waals surface area contributed by atoms with Gasteiger partial charge in [-0.2, -0.15) is 0 Å². The van der Waals surface area contributed by atoms with E-state index in [-0.39, 0.29) is 5.82 Å². The van der Waals surface area contributed by atoms with Crippen molar-refractivity contribution in [3.05, 3.63) is 40.6 Å². The summed E-state index contributed by atoms with van der Waals surface area (Å²) in [5, 5.41) is 3.15. The second-order valence-electron chi connectivity index (χ2n) is 3.89. The van der Waals surface area contributed by atoms with Gasteiger partial charge in [-0.05, 0) is 28.1 Å². The zero-order valence-corrected chi connectivity index (χ0v) is 12.0.